The van der Waals surface area contributed by atoms with Gasteiger partial charge in [0.05, 0.1) is 11.8 Å². The van der Waals surface area contributed by atoms with Crippen LogP contribution in [0.5, 0.6) is 0 Å². The zero-order chi connectivity index (χ0) is 13.0. The van der Waals surface area contributed by atoms with Crippen LogP contribution in [0.25, 0.3) is 0 Å². The van der Waals surface area contributed by atoms with Gasteiger partial charge < -0.3 is 10.0 Å². The molecule has 1 rings (SSSR count). The van der Waals surface area contributed by atoms with Crippen molar-refractivity contribution in [2.75, 3.05) is 11.4 Å². The SMILES string of the molecule is CCCN(c1ccc([C@@H](C)O)cc1Br)C(C)C. The molecule has 1 aromatic rings. The third-order valence-corrected chi connectivity index (χ3v) is 3.49. The van der Waals surface area contributed by atoms with Crippen molar-refractivity contribution in [3.05, 3.63) is 28.2 Å². The summed E-state index contributed by atoms with van der Waals surface area (Å²) in [5.41, 5.74) is 2.15. The highest BCUT2D eigenvalue weighted by Crippen LogP contribution is 2.30. The van der Waals surface area contributed by atoms with Gasteiger partial charge in [0.15, 0.2) is 0 Å². The fourth-order valence-corrected chi connectivity index (χ4v) is 2.54. The molecule has 0 aliphatic heterocycles. The Morgan fingerprint density at radius 2 is 1.94 bits per heavy atom. The molecule has 0 aliphatic rings. The molecular formula is C14H22BrNO. The molecule has 17 heavy (non-hydrogen) atoms. The van der Waals surface area contributed by atoms with Crippen molar-refractivity contribution >= 4 is 21.6 Å². The third-order valence-electron chi connectivity index (χ3n) is 2.85. The van der Waals surface area contributed by atoms with Crippen LogP contribution in [0.1, 0.15) is 45.8 Å². The second-order valence-corrected chi connectivity index (χ2v) is 5.53. The minimum Gasteiger partial charge on any atom is -0.389 e. The Balaban J connectivity index is 3.04. The molecule has 1 aromatic carbocycles. The number of halogens is 1. The van der Waals surface area contributed by atoms with Crippen molar-refractivity contribution in [1.29, 1.82) is 0 Å². The van der Waals surface area contributed by atoms with E-state index in [1.165, 1.54) is 5.69 Å². The van der Waals surface area contributed by atoms with E-state index in [1.807, 2.05) is 12.1 Å². The van der Waals surface area contributed by atoms with Crippen molar-refractivity contribution in [2.24, 2.45) is 0 Å². The second-order valence-electron chi connectivity index (χ2n) is 4.67. The lowest BCUT2D eigenvalue weighted by atomic mass is 10.1. The number of benzene rings is 1. The van der Waals surface area contributed by atoms with Crippen LogP contribution in [0.3, 0.4) is 0 Å². The van der Waals surface area contributed by atoms with E-state index < -0.39 is 6.10 Å². The lowest BCUT2D eigenvalue weighted by molar-refractivity contribution is 0.199. The van der Waals surface area contributed by atoms with Gasteiger partial charge in [-0.1, -0.05) is 13.0 Å². The quantitative estimate of drug-likeness (QED) is 0.884. The molecule has 0 amide bonds. The van der Waals surface area contributed by atoms with Crippen molar-refractivity contribution in [2.45, 2.75) is 46.3 Å². The Labute approximate surface area is 113 Å². The molecule has 0 unspecified atom stereocenters. The van der Waals surface area contributed by atoms with E-state index in [-0.39, 0.29) is 0 Å². The summed E-state index contributed by atoms with van der Waals surface area (Å²) in [6.07, 6.45) is 0.710. The highest BCUT2D eigenvalue weighted by atomic mass is 79.9. The molecule has 0 aliphatic carbocycles. The number of hydrogen-bond acceptors (Lipinski definition) is 2. The van der Waals surface area contributed by atoms with Gasteiger partial charge in [0.25, 0.3) is 0 Å². The summed E-state index contributed by atoms with van der Waals surface area (Å²) in [6, 6.07) is 6.56. The molecule has 2 nitrogen and oxygen atoms in total. The van der Waals surface area contributed by atoms with Gasteiger partial charge in [0.2, 0.25) is 0 Å². The van der Waals surface area contributed by atoms with Gasteiger partial charge in [-0.3, -0.25) is 0 Å². The van der Waals surface area contributed by atoms with E-state index in [2.05, 4.69) is 47.7 Å². The van der Waals surface area contributed by atoms with E-state index in [1.54, 1.807) is 6.92 Å². The maximum Gasteiger partial charge on any atom is 0.0762 e. The molecule has 0 radical (unpaired) electrons. The van der Waals surface area contributed by atoms with Crippen molar-refractivity contribution in [3.8, 4) is 0 Å². The largest absolute Gasteiger partial charge is 0.389 e. The molecule has 1 N–H and O–H groups in total. The monoisotopic (exact) mass is 299 g/mol. The lowest BCUT2D eigenvalue weighted by Crippen LogP contribution is -2.31. The topological polar surface area (TPSA) is 23.5 Å². The molecule has 0 fully saturated rings. The molecule has 0 saturated heterocycles. The van der Waals surface area contributed by atoms with Gasteiger partial charge in [-0.25, -0.2) is 0 Å². The summed E-state index contributed by atoms with van der Waals surface area (Å²) < 4.78 is 1.05. The highest BCUT2D eigenvalue weighted by molar-refractivity contribution is 9.10. The number of nitrogens with zero attached hydrogens (tertiary/aromatic N) is 1. The Bertz CT molecular complexity index is 363. The van der Waals surface area contributed by atoms with E-state index in [0.717, 1.165) is 23.0 Å². The van der Waals surface area contributed by atoms with Crippen molar-refractivity contribution < 1.29 is 5.11 Å². The van der Waals surface area contributed by atoms with Crippen LogP contribution in [-0.4, -0.2) is 17.7 Å². The standard InChI is InChI=1S/C14H22BrNO/c1-5-8-16(10(2)3)14-7-6-12(11(4)17)9-13(14)15/h6-7,9-11,17H,5,8H2,1-4H3/t11-/m1/s1. The molecule has 0 saturated carbocycles. The molecule has 1 atom stereocenters. The second kappa shape index (κ2) is 6.41. The maximum absolute atomic E-state index is 9.56. The Kier molecular flexibility index (Phi) is 5.47. The van der Waals surface area contributed by atoms with Crippen LogP contribution in [0, 0.1) is 0 Å². The van der Waals surface area contributed by atoms with Gasteiger partial charge in [-0.2, -0.15) is 0 Å². The number of aliphatic hydroxyl groups is 1. The number of rotatable bonds is 5. The van der Waals surface area contributed by atoms with Gasteiger partial charge in [-0.15, -0.1) is 0 Å². The Morgan fingerprint density at radius 3 is 2.35 bits per heavy atom. The molecule has 0 aromatic heterocycles. The van der Waals surface area contributed by atoms with E-state index in [0.29, 0.717) is 6.04 Å². The average molecular weight is 300 g/mol. The van der Waals surface area contributed by atoms with Crippen LogP contribution in [0.4, 0.5) is 5.69 Å². The van der Waals surface area contributed by atoms with Crippen molar-refractivity contribution in [1.82, 2.24) is 0 Å². The van der Waals surface area contributed by atoms with Crippen LogP contribution in [-0.2, 0) is 0 Å². The maximum atomic E-state index is 9.56. The Hall–Kier alpha value is -0.540. The molecule has 96 valence electrons. The number of aliphatic hydroxyl groups excluding tert-OH is 1. The molecule has 0 heterocycles. The Morgan fingerprint density at radius 1 is 1.29 bits per heavy atom. The predicted octanol–water partition coefficient (Wildman–Crippen LogP) is 4.13. The van der Waals surface area contributed by atoms with Gasteiger partial charge in [0.1, 0.15) is 0 Å². The van der Waals surface area contributed by atoms with E-state index in [9.17, 15) is 5.11 Å². The zero-order valence-electron chi connectivity index (χ0n) is 11.1. The predicted molar refractivity (Wildman–Crippen MR) is 77.5 cm³/mol. The number of anilines is 1. The normalized spacial score (nSPS) is 12.9. The minimum absolute atomic E-state index is 0.418. The minimum atomic E-state index is -0.418. The van der Waals surface area contributed by atoms with Gasteiger partial charge in [0, 0.05) is 17.1 Å². The fraction of sp³-hybridized carbons (Fsp3) is 0.571. The zero-order valence-corrected chi connectivity index (χ0v) is 12.7. The smallest absolute Gasteiger partial charge is 0.0762 e. The summed E-state index contributed by atoms with van der Waals surface area (Å²) in [4.78, 5) is 2.37. The first-order valence-electron chi connectivity index (χ1n) is 6.21. The molecule has 0 bridgehead atoms. The summed E-state index contributed by atoms with van der Waals surface area (Å²) in [5.74, 6) is 0. The fourth-order valence-electron chi connectivity index (χ4n) is 1.91. The van der Waals surface area contributed by atoms with E-state index in [4.69, 9.17) is 0 Å². The first-order chi connectivity index (χ1) is 7.97. The van der Waals surface area contributed by atoms with Crippen LogP contribution in [0.2, 0.25) is 0 Å². The third kappa shape index (κ3) is 3.71. The van der Waals surface area contributed by atoms with Crippen LogP contribution < -0.4 is 4.90 Å². The summed E-state index contributed by atoms with van der Waals surface area (Å²) in [5, 5.41) is 9.56. The van der Waals surface area contributed by atoms with Crippen molar-refractivity contribution in [3.63, 3.8) is 0 Å². The van der Waals surface area contributed by atoms with Crippen LogP contribution >= 0.6 is 15.9 Å². The first kappa shape index (κ1) is 14.5. The molecular weight excluding hydrogens is 278 g/mol. The molecule has 3 heteroatoms. The molecule has 0 spiro atoms. The highest BCUT2D eigenvalue weighted by Gasteiger charge is 2.13. The summed E-state index contributed by atoms with van der Waals surface area (Å²) in [7, 11) is 0. The first-order valence-corrected chi connectivity index (χ1v) is 7.00. The van der Waals surface area contributed by atoms with Gasteiger partial charge >= 0.3 is 0 Å². The van der Waals surface area contributed by atoms with Crippen LogP contribution in [0.15, 0.2) is 22.7 Å². The lowest BCUT2D eigenvalue weighted by Gasteiger charge is -2.30. The summed E-state index contributed by atoms with van der Waals surface area (Å²) >= 11 is 3.60. The van der Waals surface area contributed by atoms with E-state index >= 15 is 0 Å². The summed E-state index contributed by atoms with van der Waals surface area (Å²) in [6.45, 7) is 9.42. The average Bonchev–Trinajstić information content (AvgIpc) is 2.26. The number of hydrogen-bond donors (Lipinski definition) is 1. The van der Waals surface area contributed by atoms with Gasteiger partial charge in [-0.05, 0) is 60.8 Å².